The van der Waals surface area contributed by atoms with Crippen LogP contribution in [0.4, 0.5) is 0 Å². The fourth-order valence-electron chi connectivity index (χ4n) is 2.22. The summed E-state index contributed by atoms with van der Waals surface area (Å²) >= 11 is 0. The van der Waals surface area contributed by atoms with Crippen molar-refractivity contribution in [2.45, 2.75) is 108 Å². The molecule has 0 aliphatic carbocycles. The highest BCUT2D eigenvalue weighted by Crippen LogP contribution is 2.51. The molecule has 0 aromatic heterocycles. The molecule has 2 nitrogen and oxygen atoms in total. The Labute approximate surface area is 140 Å². The second-order valence-corrected chi connectivity index (χ2v) is 10.9. The fourth-order valence-corrected chi connectivity index (χ4v) is 2.22. The number of hydrogen-bond acceptors (Lipinski definition) is 2. The average molecular weight is 315 g/mol. The molecule has 0 rings (SSSR count). The van der Waals surface area contributed by atoms with Crippen LogP contribution in [0.15, 0.2) is 0 Å². The summed E-state index contributed by atoms with van der Waals surface area (Å²) in [6, 6.07) is 0. The van der Waals surface area contributed by atoms with Crippen LogP contribution in [0.1, 0.15) is 96.9 Å². The van der Waals surface area contributed by atoms with Crippen LogP contribution in [0.2, 0.25) is 0 Å². The molecule has 0 fully saturated rings. The van der Waals surface area contributed by atoms with E-state index in [1.807, 2.05) is 0 Å². The molecule has 0 bridgehead atoms. The summed E-state index contributed by atoms with van der Waals surface area (Å²) in [4.78, 5) is 12.1. The maximum atomic E-state index is 6.07. The van der Waals surface area contributed by atoms with Gasteiger partial charge < -0.3 is 0 Å². The highest BCUT2D eigenvalue weighted by atomic mass is 17.2. The molecule has 0 radical (unpaired) electrons. The minimum atomic E-state index is -0.392. The second kappa shape index (κ2) is 5.77. The third-order valence-electron chi connectivity index (χ3n) is 7.22. The van der Waals surface area contributed by atoms with E-state index in [1.54, 1.807) is 0 Å². The van der Waals surface area contributed by atoms with Crippen LogP contribution in [0.5, 0.6) is 0 Å². The first kappa shape index (κ1) is 21.9. The number of hydrogen-bond donors (Lipinski definition) is 0. The van der Waals surface area contributed by atoms with E-state index < -0.39 is 11.2 Å². The Morgan fingerprint density at radius 1 is 0.364 bits per heavy atom. The smallest absolute Gasteiger partial charge is 0.104 e. The monoisotopic (exact) mass is 314 g/mol. The van der Waals surface area contributed by atoms with E-state index in [2.05, 4.69) is 96.9 Å². The predicted octanol–water partition coefficient (Wildman–Crippen LogP) is 6.64. The molecule has 0 aliphatic heterocycles. The van der Waals surface area contributed by atoms with Crippen molar-refractivity contribution in [3.05, 3.63) is 0 Å². The largest absolute Gasteiger partial charge is 0.229 e. The Bertz CT molecular complexity index is 335. The summed E-state index contributed by atoms with van der Waals surface area (Å²) < 4.78 is 0. The van der Waals surface area contributed by atoms with Crippen molar-refractivity contribution in [3.8, 4) is 0 Å². The summed E-state index contributed by atoms with van der Waals surface area (Å²) in [7, 11) is 0. The Morgan fingerprint density at radius 2 is 0.545 bits per heavy atom. The van der Waals surface area contributed by atoms with Crippen molar-refractivity contribution in [2.24, 2.45) is 21.7 Å². The first-order chi connectivity index (χ1) is 9.21. The lowest BCUT2D eigenvalue weighted by Gasteiger charge is -2.53. The van der Waals surface area contributed by atoms with Crippen LogP contribution in [-0.4, -0.2) is 11.2 Å². The lowest BCUT2D eigenvalue weighted by molar-refractivity contribution is -0.442. The van der Waals surface area contributed by atoms with Crippen LogP contribution in [-0.2, 0) is 9.78 Å². The average Bonchev–Trinajstić information content (AvgIpc) is 2.23. The van der Waals surface area contributed by atoms with E-state index in [0.29, 0.717) is 0 Å². The Balaban J connectivity index is 5.31. The van der Waals surface area contributed by atoms with Crippen molar-refractivity contribution in [3.63, 3.8) is 0 Å². The number of rotatable bonds is 5. The highest BCUT2D eigenvalue weighted by Gasteiger charge is 2.51. The van der Waals surface area contributed by atoms with Gasteiger partial charge in [-0.2, -0.15) is 0 Å². The molecule has 134 valence electrons. The van der Waals surface area contributed by atoms with E-state index in [-0.39, 0.29) is 21.7 Å². The molecule has 0 N–H and O–H groups in total. The molecule has 22 heavy (non-hydrogen) atoms. The van der Waals surface area contributed by atoms with E-state index in [9.17, 15) is 0 Å². The van der Waals surface area contributed by atoms with Crippen LogP contribution in [0.3, 0.4) is 0 Å². The zero-order valence-electron chi connectivity index (χ0n) is 17.8. The summed E-state index contributed by atoms with van der Waals surface area (Å²) in [5.41, 5.74) is -0.635. The van der Waals surface area contributed by atoms with Gasteiger partial charge in [-0.3, -0.25) is 0 Å². The summed E-state index contributed by atoms with van der Waals surface area (Å²) in [6.07, 6.45) is 0. The predicted molar refractivity (Wildman–Crippen MR) is 96.8 cm³/mol. The standard InChI is InChI=1S/C20H42O2/c1-15(2,3)17(7,8)19(11,12)21-22-20(13,14)18(9,10)16(4,5)6/h1-14H3. The minimum absolute atomic E-state index is 0.0397. The van der Waals surface area contributed by atoms with Gasteiger partial charge in [0.2, 0.25) is 0 Å². The van der Waals surface area contributed by atoms with Crippen molar-refractivity contribution < 1.29 is 9.78 Å². The highest BCUT2D eigenvalue weighted by molar-refractivity contribution is 4.97. The van der Waals surface area contributed by atoms with Crippen molar-refractivity contribution in [1.82, 2.24) is 0 Å². The maximum Gasteiger partial charge on any atom is 0.104 e. The van der Waals surface area contributed by atoms with Crippen LogP contribution in [0, 0.1) is 21.7 Å². The van der Waals surface area contributed by atoms with Gasteiger partial charge in [0.05, 0.1) is 0 Å². The van der Waals surface area contributed by atoms with E-state index >= 15 is 0 Å². The molecule has 0 atom stereocenters. The quantitative estimate of drug-likeness (QED) is 0.418. The van der Waals surface area contributed by atoms with E-state index in [1.165, 1.54) is 0 Å². The Morgan fingerprint density at radius 3 is 0.682 bits per heavy atom. The zero-order chi connectivity index (χ0) is 18.4. The first-order valence-corrected chi connectivity index (χ1v) is 8.57. The van der Waals surface area contributed by atoms with E-state index in [4.69, 9.17) is 9.78 Å². The SMILES string of the molecule is CC(C)(C)C(C)(C)C(C)(C)OOC(C)(C)C(C)(C)C(C)(C)C. The zero-order valence-corrected chi connectivity index (χ0v) is 17.8. The molecule has 0 aromatic rings. The molecule has 0 spiro atoms. The summed E-state index contributed by atoms with van der Waals surface area (Å²) in [6.45, 7) is 31.0. The van der Waals surface area contributed by atoms with Gasteiger partial charge in [-0.1, -0.05) is 69.2 Å². The van der Waals surface area contributed by atoms with Crippen molar-refractivity contribution in [1.29, 1.82) is 0 Å². The van der Waals surface area contributed by atoms with E-state index in [0.717, 1.165) is 0 Å². The Kier molecular flexibility index (Phi) is 5.75. The van der Waals surface area contributed by atoms with Crippen LogP contribution < -0.4 is 0 Å². The van der Waals surface area contributed by atoms with Crippen LogP contribution in [0.25, 0.3) is 0 Å². The summed E-state index contributed by atoms with van der Waals surface area (Å²) in [5, 5.41) is 0. The van der Waals surface area contributed by atoms with Gasteiger partial charge in [0.25, 0.3) is 0 Å². The molecule has 0 aliphatic rings. The molecule has 0 unspecified atom stereocenters. The van der Waals surface area contributed by atoms with Gasteiger partial charge in [0.15, 0.2) is 0 Å². The fraction of sp³-hybridized carbons (Fsp3) is 1.00. The maximum absolute atomic E-state index is 6.07. The molecule has 0 heterocycles. The normalized spacial score (nSPS) is 16.1. The summed E-state index contributed by atoms with van der Waals surface area (Å²) in [5.74, 6) is 0. The molecular weight excluding hydrogens is 272 g/mol. The van der Waals surface area contributed by atoms with Gasteiger partial charge in [0.1, 0.15) is 11.2 Å². The lowest BCUT2D eigenvalue weighted by atomic mass is 9.60. The molecular formula is C20H42O2. The van der Waals surface area contributed by atoms with Crippen molar-refractivity contribution >= 4 is 0 Å². The van der Waals surface area contributed by atoms with Gasteiger partial charge in [-0.15, -0.1) is 0 Å². The third-order valence-corrected chi connectivity index (χ3v) is 7.22. The van der Waals surface area contributed by atoms with Crippen molar-refractivity contribution in [2.75, 3.05) is 0 Å². The van der Waals surface area contributed by atoms with Gasteiger partial charge in [-0.25, -0.2) is 9.78 Å². The molecule has 0 saturated heterocycles. The van der Waals surface area contributed by atoms with Gasteiger partial charge >= 0.3 is 0 Å². The molecule has 0 aromatic carbocycles. The molecule has 0 saturated carbocycles. The minimum Gasteiger partial charge on any atom is -0.229 e. The van der Waals surface area contributed by atoms with Gasteiger partial charge in [0, 0.05) is 10.8 Å². The van der Waals surface area contributed by atoms with Gasteiger partial charge in [-0.05, 0) is 38.5 Å². The van der Waals surface area contributed by atoms with Crippen LogP contribution >= 0.6 is 0 Å². The third kappa shape index (κ3) is 3.87. The topological polar surface area (TPSA) is 18.5 Å². The second-order valence-electron chi connectivity index (χ2n) is 10.9. The molecule has 0 amide bonds. The Hall–Kier alpha value is -0.0800. The molecule has 2 heteroatoms. The first-order valence-electron chi connectivity index (χ1n) is 8.57. The lowest BCUT2D eigenvalue weighted by Crippen LogP contribution is -2.54.